The number of para-hydroxylation sites is 2. The number of rotatable bonds is 5. The van der Waals surface area contributed by atoms with Crippen molar-refractivity contribution in [2.75, 3.05) is 0 Å². The van der Waals surface area contributed by atoms with Gasteiger partial charge >= 0.3 is 5.97 Å². The van der Waals surface area contributed by atoms with E-state index < -0.39 is 5.97 Å². The van der Waals surface area contributed by atoms with Gasteiger partial charge in [0.2, 0.25) is 0 Å². The quantitative estimate of drug-likeness (QED) is 0.490. The number of benzene rings is 2. The van der Waals surface area contributed by atoms with E-state index in [0.29, 0.717) is 11.5 Å². The molecule has 0 radical (unpaired) electrons. The third-order valence-electron chi connectivity index (χ3n) is 4.99. The van der Waals surface area contributed by atoms with Crippen molar-refractivity contribution in [3.8, 4) is 11.4 Å². The smallest absolute Gasteiger partial charge is 0.359 e. The van der Waals surface area contributed by atoms with Gasteiger partial charge in [-0.25, -0.2) is 9.48 Å². The fraction of sp³-hybridized carbons (Fsp3) is 0.190. The number of carbonyl (C=O) groups excluding carboxylic acids is 1. The Morgan fingerprint density at radius 2 is 1.62 bits per heavy atom. The first-order chi connectivity index (χ1) is 14.3. The van der Waals surface area contributed by atoms with E-state index in [4.69, 9.17) is 4.74 Å². The minimum atomic E-state index is -0.458. The van der Waals surface area contributed by atoms with Crippen molar-refractivity contribution < 1.29 is 9.53 Å². The average Bonchev–Trinajstić information content (AvgIpc) is 3.50. The highest BCUT2D eigenvalue weighted by atomic mass is 16.5. The number of esters is 1. The van der Waals surface area contributed by atoms with Crippen LogP contribution < -0.4 is 0 Å². The number of hydrogen-bond acceptors (Lipinski definition) is 6. The number of carbonyl (C=O) groups is 1. The number of hydrogen-bond donors (Lipinski definition) is 0. The molecule has 2 aromatic heterocycles. The molecular weight excluding hydrogens is 368 g/mol. The zero-order chi connectivity index (χ0) is 19.6. The monoisotopic (exact) mass is 386 g/mol. The summed E-state index contributed by atoms with van der Waals surface area (Å²) < 4.78 is 8.94. The van der Waals surface area contributed by atoms with Crippen LogP contribution in [0.15, 0.2) is 60.7 Å². The van der Waals surface area contributed by atoms with E-state index in [1.54, 1.807) is 4.68 Å². The van der Waals surface area contributed by atoms with Gasteiger partial charge in [-0.2, -0.15) is 9.78 Å². The molecule has 8 nitrogen and oxygen atoms in total. The molecule has 0 fully saturated rings. The summed E-state index contributed by atoms with van der Waals surface area (Å²) in [5, 5.41) is 16.2. The van der Waals surface area contributed by atoms with Crippen LogP contribution in [-0.4, -0.2) is 36.0 Å². The Balaban J connectivity index is 1.39. The first kappa shape index (κ1) is 17.3. The molecule has 2 heterocycles. The maximum atomic E-state index is 12.8. The lowest BCUT2D eigenvalue weighted by atomic mass is 10.2. The summed E-state index contributed by atoms with van der Waals surface area (Å²) in [6.07, 6.45) is 2.73. The van der Waals surface area contributed by atoms with E-state index in [2.05, 4.69) is 20.6 Å². The van der Waals surface area contributed by atoms with Crippen LogP contribution in [0.25, 0.3) is 11.4 Å². The molecule has 0 unspecified atom stereocenters. The molecule has 144 valence electrons. The number of nitrogens with zero attached hydrogens (tertiary/aromatic N) is 6. The van der Waals surface area contributed by atoms with Gasteiger partial charge < -0.3 is 4.74 Å². The zero-order valence-electron chi connectivity index (χ0n) is 15.6. The molecule has 0 saturated carbocycles. The predicted octanol–water partition coefficient (Wildman–Crippen LogP) is 2.69. The number of fused-ring (bicyclic) bond motifs is 1. The van der Waals surface area contributed by atoms with Crippen molar-refractivity contribution >= 4 is 5.97 Å². The van der Waals surface area contributed by atoms with Crippen LogP contribution in [0.3, 0.4) is 0 Å². The van der Waals surface area contributed by atoms with Crippen molar-refractivity contribution in [1.82, 2.24) is 30.0 Å². The third kappa shape index (κ3) is 3.18. The molecule has 5 rings (SSSR count). The van der Waals surface area contributed by atoms with Gasteiger partial charge in [0.15, 0.2) is 18.1 Å². The summed E-state index contributed by atoms with van der Waals surface area (Å²) in [7, 11) is 0. The van der Waals surface area contributed by atoms with Crippen LogP contribution in [-0.2, 0) is 24.2 Å². The molecule has 0 spiro atoms. The van der Waals surface area contributed by atoms with Crippen LogP contribution >= 0.6 is 0 Å². The van der Waals surface area contributed by atoms with E-state index >= 15 is 0 Å². The van der Waals surface area contributed by atoms with Crippen LogP contribution in [0.1, 0.15) is 34.0 Å². The van der Waals surface area contributed by atoms with Crippen molar-refractivity contribution in [3.05, 3.63) is 83.4 Å². The minimum Gasteiger partial charge on any atom is -0.453 e. The molecule has 8 heteroatoms. The molecule has 29 heavy (non-hydrogen) atoms. The van der Waals surface area contributed by atoms with Gasteiger partial charge in [-0.15, -0.1) is 5.10 Å². The van der Waals surface area contributed by atoms with Gasteiger partial charge in [0, 0.05) is 11.3 Å². The van der Waals surface area contributed by atoms with Gasteiger partial charge in [0.05, 0.1) is 11.4 Å². The number of aromatic nitrogens is 6. The normalized spacial score (nSPS) is 12.7. The maximum Gasteiger partial charge on any atom is 0.359 e. The first-order valence-electron chi connectivity index (χ1n) is 9.47. The lowest BCUT2D eigenvalue weighted by Gasteiger charge is -2.06. The van der Waals surface area contributed by atoms with Crippen molar-refractivity contribution in [1.29, 1.82) is 0 Å². The number of tetrazole rings is 1. The molecule has 0 N–H and O–H groups in total. The second kappa shape index (κ2) is 7.31. The number of ether oxygens (including phenoxy) is 1. The molecule has 2 aromatic carbocycles. The highest BCUT2D eigenvalue weighted by molar-refractivity contribution is 5.89. The molecule has 1 aliphatic carbocycles. The fourth-order valence-corrected chi connectivity index (χ4v) is 3.65. The predicted molar refractivity (Wildman–Crippen MR) is 104 cm³/mol. The molecule has 0 amide bonds. The van der Waals surface area contributed by atoms with Gasteiger partial charge in [0.25, 0.3) is 0 Å². The van der Waals surface area contributed by atoms with Gasteiger partial charge in [-0.1, -0.05) is 36.4 Å². The SMILES string of the molecule is O=C(OCc1nnnn1-c1ccccc1)c1nn(-c2ccccc2)c2c1CCC2. The molecular formula is C21H18N6O2. The Labute approximate surface area is 166 Å². The van der Waals surface area contributed by atoms with E-state index in [1.165, 1.54) is 0 Å². The maximum absolute atomic E-state index is 12.8. The summed E-state index contributed by atoms with van der Waals surface area (Å²) >= 11 is 0. The van der Waals surface area contributed by atoms with E-state index in [1.807, 2.05) is 65.3 Å². The highest BCUT2D eigenvalue weighted by Crippen LogP contribution is 2.28. The van der Waals surface area contributed by atoms with Crippen LogP contribution in [0.5, 0.6) is 0 Å². The van der Waals surface area contributed by atoms with Crippen molar-refractivity contribution in [2.24, 2.45) is 0 Å². The first-order valence-corrected chi connectivity index (χ1v) is 9.47. The van der Waals surface area contributed by atoms with E-state index in [-0.39, 0.29) is 6.61 Å². The van der Waals surface area contributed by atoms with E-state index in [9.17, 15) is 4.79 Å². The summed E-state index contributed by atoms with van der Waals surface area (Å²) in [5.41, 5.74) is 4.18. The minimum absolute atomic E-state index is 0.0340. The van der Waals surface area contributed by atoms with Gasteiger partial charge in [-0.05, 0) is 54.0 Å². The topological polar surface area (TPSA) is 87.7 Å². The highest BCUT2D eigenvalue weighted by Gasteiger charge is 2.28. The van der Waals surface area contributed by atoms with Gasteiger partial charge in [0.1, 0.15) is 0 Å². The zero-order valence-corrected chi connectivity index (χ0v) is 15.6. The lowest BCUT2D eigenvalue weighted by Crippen LogP contribution is -2.12. The Morgan fingerprint density at radius 1 is 0.931 bits per heavy atom. The Kier molecular flexibility index (Phi) is 4.36. The fourth-order valence-electron chi connectivity index (χ4n) is 3.65. The largest absolute Gasteiger partial charge is 0.453 e. The third-order valence-corrected chi connectivity index (χ3v) is 4.99. The lowest BCUT2D eigenvalue weighted by molar-refractivity contribution is 0.0450. The second-order valence-electron chi connectivity index (χ2n) is 6.79. The second-order valence-corrected chi connectivity index (χ2v) is 6.79. The Morgan fingerprint density at radius 3 is 2.34 bits per heavy atom. The van der Waals surface area contributed by atoms with Crippen LogP contribution in [0.4, 0.5) is 0 Å². The molecule has 0 atom stereocenters. The Bertz CT molecular complexity index is 1150. The van der Waals surface area contributed by atoms with Crippen molar-refractivity contribution in [2.45, 2.75) is 25.9 Å². The van der Waals surface area contributed by atoms with Gasteiger partial charge in [-0.3, -0.25) is 0 Å². The average molecular weight is 386 g/mol. The molecule has 4 aromatic rings. The summed E-state index contributed by atoms with van der Waals surface area (Å²) in [5.74, 6) is -0.0101. The standard InChI is InChI=1S/C21H18N6O2/c28-21(29-14-19-22-24-25-27(19)16-10-5-2-6-11-16)20-17-12-7-13-18(17)26(23-20)15-8-3-1-4-9-15/h1-6,8-11H,7,12-14H2. The summed E-state index contributed by atoms with van der Waals surface area (Å²) in [4.78, 5) is 12.8. The summed E-state index contributed by atoms with van der Waals surface area (Å²) in [6.45, 7) is -0.0340. The van der Waals surface area contributed by atoms with E-state index in [0.717, 1.165) is 41.9 Å². The van der Waals surface area contributed by atoms with Crippen molar-refractivity contribution in [3.63, 3.8) is 0 Å². The molecule has 0 bridgehead atoms. The molecule has 1 aliphatic rings. The van der Waals surface area contributed by atoms with Crippen LogP contribution in [0.2, 0.25) is 0 Å². The Hall–Kier alpha value is -3.81. The molecule has 0 aliphatic heterocycles. The summed E-state index contributed by atoms with van der Waals surface area (Å²) in [6, 6.07) is 19.3. The molecule has 0 saturated heterocycles. The van der Waals surface area contributed by atoms with Crippen LogP contribution in [0, 0.1) is 0 Å².